The van der Waals surface area contributed by atoms with Crippen LogP contribution in [0.3, 0.4) is 0 Å². The summed E-state index contributed by atoms with van der Waals surface area (Å²) in [5.41, 5.74) is 4.07. The zero-order chi connectivity index (χ0) is 21.8. The first-order valence-corrected chi connectivity index (χ1v) is 10.8. The fraction of sp³-hybridized carbons (Fsp3) is 0.500. The van der Waals surface area contributed by atoms with Crippen LogP contribution in [-0.4, -0.2) is 45.4 Å². The van der Waals surface area contributed by atoms with Crippen molar-refractivity contribution >= 4 is 17.6 Å². The van der Waals surface area contributed by atoms with Gasteiger partial charge in [0.2, 0.25) is 5.91 Å². The average Bonchev–Trinajstić information content (AvgIpc) is 3.44. The lowest BCUT2D eigenvalue weighted by Gasteiger charge is -2.29. The summed E-state index contributed by atoms with van der Waals surface area (Å²) in [6.45, 7) is 9.35. The number of carbonyl (C=O) groups is 2. The van der Waals surface area contributed by atoms with Gasteiger partial charge in [0.05, 0.1) is 6.54 Å². The van der Waals surface area contributed by atoms with Crippen LogP contribution in [0.5, 0.6) is 0 Å². The summed E-state index contributed by atoms with van der Waals surface area (Å²) >= 11 is 0. The Morgan fingerprint density at radius 1 is 1.17 bits per heavy atom. The molecule has 0 unspecified atom stereocenters. The fourth-order valence-electron chi connectivity index (χ4n) is 3.64. The number of rotatable bonds is 8. The fourth-order valence-corrected chi connectivity index (χ4v) is 3.64. The smallest absolute Gasteiger partial charge is 0.322 e. The number of anilines is 1. The zero-order valence-corrected chi connectivity index (χ0v) is 18.8. The normalized spacial score (nSPS) is 13.4. The van der Waals surface area contributed by atoms with Gasteiger partial charge in [-0.05, 0) is 61.9 Å². The maximum atomic E-state index is 13.2. The highest BCUT2D eigenvalue weighted by molar-refractivity contribution is 5.93. The van der Waals surface area contributed by atoms with Crippen LogP contribution < -0.4 is 5.32 Å². The number of amides is 3. The van der Waals surface area contributed by atoms with E-state index in [1.807, 2.05) is 66.9 Å². The van der Waals surface area contributed by atoms with Crippen LogP contribution in [0.2, 0.25) is 0 Å². The van der Waals surface area contributed by atoms with E-state index in [1.54, 1.807) is 4.90 Å². The lowest BCUT2D eigenvalue weighted by molar-refractivity contribution is -0.133. The Hall–Kier alpha value is -2.76. The number of hydrogen-bond acceptors (Lipinski definition) is 2. The third kappa shape index (κ3) is 5.43. The van der Waals surface area contributed by atoms with E-state index in [0.717, 1.165) is 35.3 Å². The van der Waals surface area contributed by atoms with Crippen LogP contribution in [0.15, 0.2) is 36.5 Å². The van der Waals surface area contributed by atoms with Crippen molar-refractivity contribution in [2.75, 3.05) is 18.4 Å². The molecule has 6 heteroatoms. The molecule has 6 nitrogen and oxygen atoms in total. The number of nitrogens with zero attached hydrogens (tertiary/aromatic N) is 3. The predicted octanol–water partition coefficient (Wildman–Crippen LogP) is 4.32. The molecule has 30 heavy (non-hydrogen) atoms. The van der Waals surface area contributed by atoms with Gasteiger partial charge >= 0.3 is 6.03 Å². The molecule has 1 aliphatic carbocycles. The molecule has 0 aliphatic heterocycles. The molecule has 0 spiro atoms. The first-order chi connectivity index (χ1) is 14.3. The molecule has 0 bridgehead atoms. The van der Waals surface area contributed by atoms with Gasteiger partial charge in [-0.2, -0.15) is 0 Å². The number of aromatic nitrogens is 1. The number of benzene rings is 1. The summed E-state index contributed by atoms with van der Waals surface area (Å²) in [5.74, 6) is 0.278. The first-order valence-electron chi connectivity index (χ1n) is 10.8. The largest absolute Gasteiger partial charge is 0.353 e. The first kappa shape index (κ1) is 21.9. The number of carbonyl (C=O) groups excluding carboxylic acids is 2. The van der Waals surface area contributed by atoms with Crippen molar-refractivity contribution in [3.8, 4) is 0 Å². The summed E-state index contributed by atoms with van der Waals surface area (Å²) < 4.78 is 2.04. The van der Waals surface area contributed by atoms with Crippen molar-refractivity contribution in [1.29, 1.82) is 0 Å². The zero-order valence-electron chi connectivity index (χ0n) is 18.8. The second-order valence-electron chi connectivity index (χ2n) is 8.82. The lowest BCUT2D eigenvalue weighted by atomic mass is 10.1. The van der Waals surface area contributed by atoms with Gasteiger partial charge in [-0.1, -0.05) is 26.0 Å². The molecule has 1 heterocycles. The Bertz CT molecular complexity index is 898. The summed E-state index contributed by atoms with van der Waals surface area (Å²) in [4.78, 5) is 29.9. The van der Waals surface area contributed by atoms with Crippen molar-refractivity contribution in [1.82, 2.24) is 14.4 Å². The van der Waals surface area contributed by atoms with Gasteiger partial charge in [-0.25, -0.2) is 4.79 Å². The van der Waals surface area contributed by atoms with Gasteiger partial charge in [-0.15, -0.1) is 0 Å². The topological polar surface area (TPSA) is 57.6 Å². The number of aryl methyl sites for hydroxylation is 2. The third-order valence-electron chi connectivity index (χ3n) is 5.74. The van der Waals surface area contributed by atoms with E-state index in [9.17, 15) is 9.59 Å². The molecule has 3 amide bonds. The molecule has 1 fully saturated rings. The molecule has 1 saturated carbocycles. The molecule has 1 aliphatic rings. The van der Waals surface area contributed by atoms with Gasteiger partial charge in [-0.3, -0.25) is 4.79 Å². The Morgan fingerprint density at radius 2 is 1.90 bits per heavy atom. The highest BCUT2D eigenvalue weighted by Crippen LogP contribution is 2.29. The van der Waals surface area contributed by atoms with E-state index in [4.69, 9.17) is 0 Å². The van der Waals surface area contributed by atoms with Gasteiger partial charge in [0, 0.05) is 37.2 Å². The van der Waals surface area contributed by atoms with Gasteiger partial charge in [0.1, 0.15) is 6.54 Å². The van der Waals surface area contributed by atoms with E-state index in [0.29, 0.717) is 13.1 Å². The van der Waals surface area contributed by atoms with Crippen LogP contribution in [0.1, 0.15) is 43.5 Å². The molecule has 3 rings (SSSR count). The van der Waals surface area contributed by atoms with E-state index in [-0.39, 0.29) is 30.4 Å². The summed E-state index contributed by atoms with van der Waals surface area (Å²) in [5, 5.41) is 3.01. The van der Waals surface area contributed by atoms with Crippen LogP contribution in [0, 0.1) is 19.8 Å². The van der Waals surface area contributed by atoms with Crippen LogP contribution in [-0.2, 0) is 18.4 Å². The molecule has 1 aromatic heterocycles. The highest BCUT2D eigenvalue weighted by atomic mass is 16.2. The highest BCUT2D eigenvalue weighted by Gasteiger charge is 2.34. The Morgan fingerprint density at radius 3 is 2.50 bits per heavy atom. The summed E-state index contributed by atoms with van der Waals surface area (Å²) in [6, 6.07) is 9.97. The van der Waals surface area contributed by atoms with Crippen LogP contribution in [0.25, 0.3) is 0 Å². The second-order valence-corrected chi connectivity index (χ2v) is 8.82. The lowest BCUT2D eigenvalue weighted by Crippen LogP contribution is -2.46. The Labute approximate surface area is 179 Å². The monoisotopic (exact) mass is 410 g/mol. The minimum absolute atomic E-state index is 0.00969. The van der Waals surface area contributed by atoms with E-state index < -0.39 is 0 Å². The van der Waals surface area contributed by atoms with E-state index in [2.05, 4.69) is 19.2 Å². The number of nitrogens with one attached hydrogen (secondary N) is 1. The number of urea groups is 1. The summed E-state index contributed by atoms with van der Waals surface area (Å²) in [7, 11) is 1.99. The molecule has 1 N–H and O–H groups in total. The van der Waals surface area contributed by atoms with Crippen molar-refractivity contribution < 1.29 is 9.59 Å². The quantitative estimate of drug-likeness (QED) is 0.704. The van der Waals surface area contributed by atoms with Gasteiger partial charge in [0.15, 0.2) is 0 Å². The minimum atomic E-state index is -0.222. The average molecular weight is 411 g/mol. The molecular formula is C24H34N4O2. The molecule has 2 aromatic rings. The Kier molecular flexibility index (Phi) is 6.85. The molecule has 0 atom stereocenters. The standard InChI is InChI=1S/C24H34N4O2/c1-17(2)14-27(24(30)25-22-10-6-8-18(3)19(22)4)16-23(29)28(20-11-12-20)15-21-9-7-13-26(21)5/h6-10,13,17,20H,11-12,14-16H2,1-5H3,(H,25,30). The van der Waals surface area contributed by atoms with Crippen LogP contribution in [0.4, 0.5) is 10.5 Å². The van der Waals surface area contributed by atoms with E-state index >= 15 is 0 Å². The molecule has 1 aromatic carbocycles. The van der Waals surface area contributed by atoms with E-state index in [1.165, 1.54) is 0 Å². The maximum Gasteiger partial charge on any atom is 0.322 e. The van der Waals surface area contributed by atoms with Crippen molar-refractivity contribution in [2.45, 2.75) is 53.1 Å². The van der Waals surface area contributed by atoms with Crippen molar-refractivity contribution in [2.24, 2.45) is 13.0 Å². The SMILES string of the molecule is Cc1cccc(NC(=O)N(CC(=O)N(Cc2cccn2C)C2CC2)CC(C)C)c1C. The minimum Gasteiger partial charge on any atom is -0.353 e. The third-order valence-corrected chi connectivity index (χ3v) is 5.74. The summed E-state index contributed by atoms with van der Waals surface area (Å²) in [6.07, 6.45) is 4.07. The van der Waals surface area contributed by atoms with Gasteiger partial charge < -0.3 is 19.7 Å². The Balaban J connectivity index is 1.72. The molecule has 162 valence electrons. The molecule has 0 saturated heterocycles. The second kappa shape index (κ2) is 9.37. The van der Waals surface area contributed by atoms with Crippen LogP contribution >= 0.6 is 0 Å². The number of hydrogen-bond donors (Lipinski definition) is 1. The molecular weight excluding hydrogens is 376 g/mol. The predicted molar refractivity (Wildman–Crippen MR) is 120 cm³/mol. The maximum absolute atomic E-state index is 13.2. The van der Waals surface area contributed by atoms with Crippen molar-refractivity contribution in [3.63, 3.8) is 0 Å². The van der Waals surface area contributed by atoms with Crippen molar-refractivity contribution in [3.05, 3.63) is 53.3 Å². The molecule has 0 radical (unpaired) electrons. The van der Waals surface area contributed by atoms with Gasteiger partial charge in [0.25, 0.3) is 0 Å².